The van der Waals surface area contributed by atoms with E-state index < -0.39 is 5.97 Å². The predicted octanol–water partition coefficient (Wildman–Crippen LogP) is -0.266. The van der Waals surface area contributed by atoms with Crippen molar-refractivity contribution in [1.29, 1.82) is 0 Å². The zero-order valence-electron chi connectivity index (χ0n) is 9.83. The van der Waals surface area contributed by atoms with E-state index in [1.54, 1.807) is 4.57 Å². The molecule has 7 nitrogen and oxygen atoms in total. The van der Waals surface area contributed by atoms with Gasteiger partial charge in [-0.25, -0.2) is 9.78 Å². The fourth-order valence-corrected chi connectivity index (χ4v) is 1.79. The van der Waals surface area contributed by atoms with Gasteiger partial charge in [-0.2, -0.15) is 0 Å². The topological polar surface area (TPSA) is 93.5 Å². The average Bonchev–Trinajstić information content (AvgIpc) is 3.00. The lowest BCUT2D eigenvalue weighted by molar-refractivity contribution is -0.124. The van der Waals surface area contributed by atoms with Crippen molar-refractivity contribution in [3.05, 3.63) is 18.2 Å². The number of nitrogens with one attached hydrogen (secondary N) is 1. The van der Waals surface area contributed by atoms with Gasteiger partial charge in [-0.05, 0) is 6.42 Å². The number of carboxylic acid groups (broad SMARTS) is 1. The third-order valence-electron chi connectivity index (χ3n) is 2.82. The predicted molar refractivity (Wildman–Crippen MR) is 61.1 cm³/mol. The first-order valence-electron chi connectivity index (χ1n) is 5.77. The van der Waals surface area contributed by atoms with Crippen LogP contribution in [0.25, 0.3) is 0 Å². The molecule has 1 aromatic rings. The third-order valence-corrected chi connectivity index (χ3v) is 2.82. The molecule has 0 spiro atoms. The standard InChI is InChI=1S/C11H15N3O4/c15-10(8-1-4-18-6-8)12-2-3-14-5-9(11(16)17)13-7-14/h5,7-8H,1-4,6H2,(H,12,15)(H,16,17). The average molecular weight is 253 g/mol. The Hall–Kier alpha value is -1.89. The summed E-state index contributed by atoms with van der Waals surface area (Å²) in [6.07, 6.45) is 3.64. The summed E-state index contributed by atoms with van der Waals surface area (Å²) in [4.78, 5) is 26.0. The first-order chi connectivity index (χ1) is 8.66. The first-order valence-corrected chi connectivity index (χ1v) is 5.77. The number of carboxylic acids is 1. The van der Waals surface area contributed by atoms with E-state index in [2.05, 4.69) is 10.3 Å². The van der Waals surface area contributed by atoms with E-state index >= 15 is 0 Å². The summed E-state index contributed by atoms with van der Waals surface area (Å²) >= 11 is 0. The number of nitrogens with zero attached hydrogens (tertiary/aromatic N) is 2. The van der Waals surface area contributed by atoms with Crippen molar-refractivity contribution in [1.82, 2.24) is 14.9 Å². The molecule has 1 aliphatic heterocycles. The van der Waals surface area contributed by atoms with Gasteiger partial charge in [0.05, 0.1) is 18.9 Å². The molecule has 1 saturated heterocycles. The molecule has 7 heteroatoms. The van der Waals surface area contributed by atoms with Gasteiger partial charge in [-0.1, -0.05) is 0 Å². The molecule has 1 aliphatic rings. The molecule has 2 N–H and O–H groups in total. The van der Waals surface area contributed by atoms with Gasteiger partial charge in [0.2, 0.25) is 5.91 Å². The van der Waals surface area contributed by atoms with Gasteiger partial charge in [0.15, 0.2) is 5.69 Å². The Balaban J connectivity index is 1.74. The van der Waals surface area contributed by atoms with Gasteiger partial charge in [0.1, 0.15) is 0 Å². The largest absolute Gasteiger partial charge is 0.476 e. The maximum atomic E-state index is 11.6. The van der Waals surface area contributed by atoms with E-state index in [4.69, 9.17) is 9.84 Å². The van der Waals surface area contributed by atoms with Crippen LogP contribution < -0.4 is 5.32 Å². The molecule has 98 valence electrons. The number of hydrogen-bond donors (Lipinski definition) is 2. The Labute approximate surface area is 104 Å². The highest BCUT2D eigenvalue weighted by Gasteiger charge is 2.22. The fraction of sp³-hybridized carbons (Fsp3) is 0.545. The molecule has 0 bridgehead atoms. The van der Waals surface area contributed by atoms with Crippen LogP contribution in [0.4, 0.5) is 0 Å². The minimum absolute atomic E-state index is 0.00511. The van der Waals surface area contributed by atoms with Crippen LogP contribution in [0.5, 0.6) is 0 Å². The van der Waals surface area contributed by atoms with Crippen molar-refractivity contribution < 1.29 is 19.4 Å². The van der Waals surface area contributed by atoms with Crippen molar-refractivity contribution in [3.63, 3.8) is 0 Å². The van der Waals surface area contributed by atoms with Crippen molar-refractivity contribution in [2.24, 2.45) is 5.92 Å². The maximum Gasteiger partial charge on any atom is 0.356 e. The second-order valence-corrected chi connectivity index (χ2v) is 4.15. The second-order valence-electron chi connectivity index (χ2n) is 4.15. The van der Waals surface area contributed by atoms with Gasteiger partial charge < -0.3 is 19.7 Å². The van der Waals surface area contributed by atoms with E-state index in [0.717, 1.165) is 6.42 Å². The van der Waals surface area contributed by atoms with Crippen LogP contribution in [0.1, 0.15) is 16.9 Å². The molecule has 0 aliphatic carbocycles. The third kappa shape index (κ3) is 3.07. The minimum atomic E-state index is -1.05. The number of rotatable bonds is 5. The molecule has 1 amide bonds. The van der Waals surface area contributed by atoms with Gasteiger partial charge in [0.25, 0.3) is 0 Å². The van der Waals surface area contributed by atoms with Crippen LogP contribution >= 0.6 is 0 Å². The first kappa shape index (κ1) is 12.6. The Bertz CT molecular complexity index is 437. The van der Waals surface area contributed by atoms with Crippen molar-refractivity contribution in [3.8, 4) is 0 Å². The van der Waals surface area contributed by atoms with Crippen LogP contribution in [0, 0.1) is 5.92 Å². The lowest BCUT2D eigenvalue weighted by atomic mass is 10.1. The highest BCUT2D eigenvalue weighted by atomic mass is 16.5. The Morgan fingerprint density at radius 1 is 1.61 bits per heavy atom. The van der Waals surface area contributed by atoms with Crippen LogP contribution in [0.2, 0.25) is 0 Å². The van der Waals surface area contributed by atoms with E-state index in [1.165, 1.54) is 12.5 Å². The summed E-state index contributed by atoms with van der Waals surface area (Å²) in [5.41, 5.74) is 0.00511. The summed E-state index contributed by atoms with van der Waals surface area (Å²) in [5, 5.41) is 11.5. The number of carbonyl (C=O) groups excluding carboxylic acids is 1. The Morgan fingerprint density at radius 2 is 2.44 bits per heavy atom. The summed E-state index contributed by atoms with van der Waals surface area (Å²) in [6, 6.07) is 0. The summed E-state index contributed by atoms with van der Waals surface area (Å²) in [5.74, 6) is -1.12. The van der Waals surface area contributed by atoms with Crippen molar-refractivity contribution >= 4 is 11.9 Å². The van der Waals surface area contributed by atoms with Crippen LogP contribution in [0.15, 0.2) is 12.5 Å². The number of ether oxygens (including phenoxy) is 1. The lowest BCUT2D eigenvalue weighted by Crippen LogP contribution is -2.33. The van der Waals surface area contributed by atoms with E-state index in [0.29, 0.717) is 26.3 Å². The lowest BCUT2D eigenvalue weighted by Gasteiger charge is -2.09. The molecule has 0 aromatic carbocycles. The molecule has 1 unspecified atom stereocenters. The summed E-state index contributed by atoms with van der Waals surface area (Å²) in [6.45, 7) is 2.08. The second kappa shape index (κ2) is 5.63. The van der Waals surface area contributed by atoms with E-state index in [-0.39, 0.29) is 17.5 Å². The molecule has 1 fully saturated rings. The SMILES string of the molecule is O=C(O)c1cn(CCNC(=O)C2CCOC2)cn1. The smallest absolute Gasteiger partial charge is 0.356 e. The molecule has 0 saturated carbocycles. The van der Waals surface area contributed by atoms with Crippen LogP contribution in [-0.2, 0) is 16.1 Å². The van der Waals surface area contributed by atoms with Gasteiger partial charge in [-0.3, -0.25) is 4.79 Å². The van der Waals surface area contributed by atoms with Crippen molar-refractivity contribution in [2.45, 2.75) is 13.0 Å². The van der Waals surface area contributed by atoms with Crippen molar-refractivity contribution in [2.75, 3.05) is 19.8 Å². The monoisotopic (exact) mass is 253 g/mol. The van der Waals surface area contributed by atoms with Crippen LogP contribution in [0.3, 0.4) is 0 Å². The highest BCUT2D eigenvalue weighted by Crippen LogP contribution is 2.11. The normalized spacial score (nSPS) is 18.8. The van der Waals surface area contributed by atoms with Gasteiger partial charge in [-0.15, -0.1) is 0 Å². The Kier molecular flexibility index (Phi) is 3.93. The van der Waals surface area contributed by atoms with Crippen LogP contribution in [-0.4, -0.2) is 46.3 Å². The minimum Gasteiger partial charge on any atom is -0.476 e. The number of amides is 1. The molecular formula is C11H15N3O4. The molecular weight excluding hydrogens is 238 g/mol. The Morgan fingerprint density at radius 3 is 3.06 bits per heavy atom. The zero-order chi connectivity index (χ0) is 13.0. The fourth-order valence-electron chi connectivity index (χ4n) is 1.79. The van der Waals surface area contributed by atoms with E-state index in [1.807, 2.05) is 0 Å². The number of imidazole rings is 1. The molecule has 18 heavy (non-hydrogen) atoms. The molecule has 2 rings (SSSR count). The number of aromatic carboxylic acids is 1. The summed E-state index contributed by atoms with van der Waals surface area (Å²) < 4.78 is 6.77. The van der Waals surface area contributed by atoms with Gasteiger partial charge >= 0.3 is 5.97 Å². The molecule has 1 aromatic heterocycles. The molecule has 1 atom stereocenters. The molecule has 0 radical (unpaired) electrons. The molecule has 2 heterocycles. The quantitative estimate of drug-likeness (QED) is 0.753. The summed E-state index contributed by atoms with van der Waals surface area (Å²) in [7, 11) is 0. The van der Waals surface area contributed by atoms with E-state index in [9.17, 15) is 9.59 Å². The number of hydrogen-bond acceptors (Lipinski definition) is 4. The highest BCUT2D eigenvalue weighted by molar-refractivity contribution is 5.84. The van der Waals surface area contributed by atoms with Gasteiger partial charge in [0, 0.05) is 25.9 Å². The maximum absolute atomic E-state index is 11.6. The number of aromatic nitrogens is 2. The number of carbonyl (C=O) groups is 2. The zero-order valence-corrected chi connectivity index (χ0v) is 9.83.